The molecule has 1 fully saturated rings. The van der Waals surface area contributed by atoms with Gasteiger partial charge in [0.25, 0.3) is 0 Å². The smallest absolute Gasteiger partial charge is 0.410 e. The van der Waals surface area contributed by atoms with E-state index < -0.39 is 11.7 Å². The van der Waals surface area contributed by atoms with Gasteiger partial charge in [0, 0.05) is 18.1 Å². The molecule has 1 aromatic carbocycles. The Morgan fingerprint density at radius 3 is 2.59 bits per heavy atom. The number of halogens is 1. The van der Waals surface area contributed by atoms with Crippen LogP contribution in [-0.4, -0.2) is 46.9 Å². The summed E-state index contributed by atoms with van der Waals surface area (Å²) in [7, 11) is 0. The second-order valence-corrected chi connectivity index (χ2v) is 7.00. The highest BCUT2D eigenvalue weighted by Crippen LogP contribution is 2.16. The second kappa shape index (κ2) is 6.86. The normalized spacial score (nSPS) is 22.0. The van der Waals surface area contributed by atoms with Gasteiger partial charge >= 0.3 is 6.09 Å². The highest BCUT2D eigenvalue weighted by molar-refractivity contribution is 6.30. The Balaban J connectivity index is 1.85. The Morgan fingerprint density at radius 2 is 2.00 bits per heavy atom. The highest BCUT2D eigenvalue weighted by atomic mass is 35.5. The standard InChI is InChI=1S/C16H23ClN2O3/c1-16(2,3)22-15(21)19-9-13(14(20)10-19)18-8-11-4-6-12(17)7-5-11/h4-7,13-14,18,20H,8-10H2,1-3H3/t13-,14-/m1/s1. The van der Waals surface area contributed by atoms with Crippen LogP contribution in [0.25, 0.3) is 0 Å². The van der Waals surface area contributed by atoms with Crippen molar-refractivity contribution in [3.05, 3.63) is 34.9 Å². The second-order valence-electron chi connectivity index (χ2n) is 6.57. The lowest BCUT2D eigenvalue weighted by molar-refractivity contribution is 0.0270. The molecule has 2 rings (SSSR count). The lowest BCUT2D eigenvalue weighted by Gasteiger charge is -2.24. The number of likely N-dealkylation sites (tertiary alicyclic amines) is 1. The number of amides is 1. The van der Waals surface area contributed by atoms with Crippen molar-refractivity contribution in [1.29, 1.82) is 0 Å². The van der Waals surface area contributed by atoms with Gasteiger partial charge in [-0.25, -0.2) is 4.79 Å². The van der Waals surface area contributed by atoms with Gasteiger partial charge in [-0.15, -0.1) is 0 Å². The third-order valence-electron chi connectivity index (χ3n) is 3.42. The molecule has 5 nitrogen and oxygen atoms in total. The Bertz CT molecular complexity index is 513. The summed E-state index contributed by atoms with van der Waals surface area (Å²) < 4.78 is 5.33. The van der Waals surface area contributed by atoms with E-state index in [2.05, 4.69) is 5.32 Å². The Morgan fingerprint density at radius 1 is 1.36 bits per heavy atom. The van der Waals surface area contributed by atoms with E-state index in [1.165, 1.54) is 4.90 Å². The van der Waals surface area contributed by atoms with Crippen molar-refractivity contribution in [2.75, 3.05) is 13.1 Å². The molecule has 0 radical (unpaired) electrons. The Hall–Kier alpha value is -1.30. The Kier molecular flexibility index (Phi) is 5.32. The molecule has 1 aliphatic rings. The van der Waals surface area contributed by atoms with Gasteiger partial charge in [-0.2, -0.15) is 0 Å². The summed E-state index contributed by atoms with van der Waals surface area (Å²) in [5, 5.41) is 14.1. The minimum Gasteiger partial charge on any atom is -0.444 e. The number of aliphatic hydroxyl groups excluding tert-OH is 1. The molecule has 122 valence electrons. The zero-order chi connectivity index (χ0) is 16.3. The number of aliphatic hydroxyl groups is 1. The minimum absolute atomic E-state index is 0.164. The first-order valence-electron chi connectivity index (χ1n) is 7.38. The van der Waals surface area contributed by atoms with Gasteiger partial charge in [-0.05, 0) is 38.5 Å². The Labute approximate surface area is 136 Å². The monoisotopic (exact) mass is 326 g/mol. The summed E-state index contributed by atoms with van der Waals surface area (Å²) in [5.74, 6) is 0. The lowest BCUT2D eigenvalue weighted by atomic mass is 10.2. The average molecular weight is 327 g/mol. The summed E-state index contributed by atoms with van der Waals surface area (Å²) in [6, 6.07) is 7.36. The fourth-order valence-corrected chi connectivity index (χ4v) is 2.44. The summed E-state index contributed by atoms with van der Waals surface area (Å²) >= 11 is 5.85. The maximum atomic E-state index is 12.0. The van der Waals surface area contributed by atoms with Crippen molar-refractivity contribution in [3.63, 3.8) is 0 Å². The molecule has 6 heteroatoms. The number of nitrogens with zero attached hydrogens (tertiary/aromatic N) is 1. The predicted molar refractivity (Wildman–Crippen MR) is 85.9 cm³/mol. The van der Waals surface area contributed by atoms with Crippen LogP contribution in [0.4, 0.5) is 4.79 Å². The summed E-state index contributed by atoms with van der Waals surface area (Å²) in [4.78, 5) is 13.6. The van der Waals surface area contributed by atoms with E-state index in [0.29, 0.717) is 18.1 Å². The molecule has 2 N–H and O–H groups in total. The number of hydrogen-bond acceptors (Lipinski definition) is 4. The molecule has 0 bridgehead atoms. The van der Waals surface area contributed by atoms with E-state index in [1.54, 1.807) is 0 Å². The van der Waals surface area contributed by atoms with Crippen LogP contribution in [0, 0.1) is 0 Å². The molecular formula is C16H23ClN2O3. The molecule has 0 saturated carbocycles. The zero-order valence-electron chi connectivity index (χ0n) is 13.2. The van der Waals surface area contributed by atoms with Gasteiger partial charge in [0.15, 0.2) is 0 Å². The van der Waals surface area contributed by atoms with E-state index in [9.17, 15) is 9.90 Å². The number of hydrogen-bond donors (Lipinski definition) is 2. The number of nitrogens with one attached hydrogen (secondary N) is 1. The molecule has 22 heavy (non-hydrogen) atoms. The van der Waals surface area contributed by atoms with Gasteiger partial charge in [0.1, 0.15) is 5.60 Å². The maximum absolute atomic E-state index is 12.0. The molecule has 0 aliphatic carbocycles. The largest absolute Gasteiger partial charge is 0.444 e. The SMILES string of the molecule is CC(C)(C)OC(=O)N1C[C@@H](O)[C@H](NCc2ccc(Cl)cc2)C1. The van der Waals surface area contributed by atoms with Crippen molar-refractivity contribution in [2.45, 2.75) is 45.1 Å². The molecule has 1 saturated heterocycles. The third kappa shape index (κ3) is 4.87. The first kappa shape index (κ1) is 17.1. The number of rotatable bonds is 3. The van der Waals surface area contributed by atoms with Crippen LogP contribution >= 0.6 is 11.6 Å². The molecule has 1 amide bonds. The predicted octanol–water partition coefficient (Wildman–Crippen LogP) is 2.41. The molecule has 2 atom stereocenters. The molecule has 1 aromatic rings. The molecule has 0 aromatic heterocycles. The molecule has 0 spiro atoms. The number of carbonyl (C=O) groups is 1. The zero-order valence-corrected chi connectivity index (χ0v) is 13.9. The van der Waals surface area contributed by atoms with Crippen molar-refractivity contribution in [2.24, 2.45) is 0 Å². The van der Waals surface area contributed by atoms with Crippen LogP contribution in [0.1, 0.15) is 26.3 Å². The summed E-state index contributed by atoms with van der Waals surface area (Å²) in [5.41, 5.74) is 0.545. The topological polar surface area (TPSA) is 61.8 Å². The fraction of sp³-hybridized carbons (Fsp3) is 0.562. The van der Waals surface area contributed by atoms with Gasteiger partial charge in [0.2, 0.25) is 0 Å². The van der Waals surface area contributed by atoms with Crippen LogP contribution in [-0.2, 0) is 11.3 Å². The van der Waals surface area contributed by atoms with Crippen molar-refractivity contribution in [3.8, 4) is 0 Å². The first-order valence-corrected chi connectivity index (χ1v) is 7.76. The molecule has 1 heterocycles. The maximum Gasteiger partial charge on any atom is 0.410 e. The molecule has 1 aliphatic heterocycles. The lowest BCUT2D eigenvalue weighted by Crippen LogP contribution is -2.39. The van der Waals surface area contributed by atoms with Crippen LogP contribution in [0.15, 0.2) is 24.3 Å². The van der Waals surface area contributed by atoms with Gasteiger partial charge < -0.3 is 20.1 Å². The van der Waals surface area contributed by atoms with Crippen molar-refractivity contribution >= 4 is 17.7 Å². The van der Waals surface area contributed by atoms with E-state index in [-0.39, 0.29) is 18.7 Å². The van der Waals surface area contributed by atoms with E-state index >= 15 is 0 Å². The number of β-amino-alcohol motifs (C(OH)–C–C–N with tert-alkyl or cyclic N) is 1. The first-order chi connectivity index (χ1) is 10.2. The minimum atomic E-state index is -0.597. The van der Waals surface area contributed by atoms with Crippen LogP contribution < -0.4 is 5.32 Å². The quantitative estimate of drug-likeness (QED) is 0.895. The van der Waals surface area contributed by atoms with Crippen LogP contribution in [0.2, 0.25) is 5.02 Å². The number of ether oxygens (including phenoxy) is 1. The van der Waals surface area contributed by atoms with Gasteiger partial charge in [-0.3, -0.25) is 0 Å². The summed E-state index contributed by atoms with van der Waals surface area (Å²) in [6.07, 6.45) is -0.984. The van der Waals surface area contributed by atoms with E-state index in [0.717, 1.165) is 5.56 Å². The summed E-state index contributed by atoms with van der Waals surface area (Å²) in [6.45, 7) is 6.81. The number of carbonyl (C=O) groups excluding carboxylic acids is 1. The average Bonchev–Trinajstić information content (AvgIpc) is 2.78. The molecular weight excluding hydrogens is 304 g/mol. The van der Waals surface area contributed by atoms with Crippen molar-refractivity contribution in [1.82, 2.24) is 10.2 Å². The van der Waals surface area contributed by atoms with Gasteiger partial charge in [0.05, 0.1) is 18.7 Å². The highest BCUT2D eigenvalue weighted by Gasteiger charge is 2.35. The van der Waals surface area contributed by atoms with Crippen LogP contribution in [0.3, 0.4) is 0 Å². The number of benzene rings is 1. The molecule has 0 unspecified atom stereocenters. The van der Waals surface area contributed by atoms with E-state index in [4.69, 9.17) is 16.3 Å². The third-order valence-corrected chi connectivity index (χ3v) is 3.67. The van der Waals surface area contributed by atoms with Crippen LogP contribution in [0.5, 0.6) is 0 Å². The van der Waals surface area contributed by atoms with Crippen molar-refractivity contribution < 1.29 is 14.6 Å². The fourth-order valence-electron chi connectivity index (χ4n) is 2.31. The van der Waals surface area contributed by atoms with E-state index in [1.807, 2.05) is 45.0 Å². The van der Waals surface area contributed by atoms with Gasteiger partial charge in [-0.1, -0.05) is 23.7 Å².